The average Bonchev–Trinajstić information content (AvgIpc) is 3.37. The number of carbonyl (C=O) groups is 1. The maximum absolute atomic E-state index is 12.8. The Labute approximate surface area is 240 Å². The number of ether oxygens (including phenoxy) is 4. The van der Waals surface area contributed by atoms with E-state index in [1.54, 1.807) is 36.4 Å². The minimum Gasteiger partial charge on any atom is -0.493 e. The summed E-state index contributed by atoms with van der Waals surface area (Å²) in [4.78, 5) is 17.0. The molecule has 2 aliphatic rings. The Bertz CT molecular complexity index is 1550. The summed E-state index contributed by atoms with van der Waals surface area (Å²) in [7, 11) is 1.53. The van der Waals surface area contributed by atoms with Gasteiger partial charge < -0.3 is 18.9 Å². The number of aryl methyl sites for hydroxylation is 1. The summed E-state index contributed by atoms with van der Waals surface area (Å²) in [6, 6.07) is 20.1. The fraction of sp³-hybridized carbons (Fsp3) is 0.172. The van der Waals surface area contributed by atoms with Gasteiger partial charge in [-0.1, -0.05) is 48.0 Å². The predicted molar refractivity (Wildman–Crippen MR) is 157 cm³/mol. The van der Waals surface area contributed by atoms with Gasteiger partial charge in [-0.25, -0.2) is 0 Å². The molecule has 0 bridgehead atoms. The Morgan fingerprint density at radius 1 is 0.950 bits per heavy atom. The van der Waals surface area contributed by atoms with E-state index in [2.05, 4.69) is 10.1 Å². The minimum atomic E-state index is -0.518. The number of thioether (sulfide) groups is 1. The van der Waals surface area contributed by atoms with Crippen LogP contribution in [0.2, 0.25) is 5.02 Å². The van der Waals surface area contributed by atoms with Crippen LogP contribution in [0.4, 0.5) is 0 Å². The van der Waals surface area contributed by atoms with Gasteiger partial charge >= 0.3 is 0 Å². The molecule has 0 aliphatic carbocycles. The van der Waals surface area contributed by atoms with E-state index >= 15 is 0 Å². The molecule has 2 aliphatic heterocycles. The second-order valence-electron chi connectivity index (χ2n) is 8.61. The van der Waals surface area contributed by atoms with Crippen LogP contribution >= 0.6 is 23.4 Å². The molecule has 2 heterocycles. The molecule has 0 atom stereocenters. The van der Waals surface area contributed by atoms with Gasteiger partial charge in [-0.05, 0) is 66.2 Å². The van der Waals surface area contributed by atoms with Crippen molar-refractivity contribution in [3.8, 4) is 23.0 Å². The van der Waals surface area contributed by atoms with Crippen molar-refractivity contribution in [2.24, 2.45) is 10.1 Å². The normalized spacial score (nSPS) is 15.5. The molecule has 1 amide bonds. The molecule has 5 rings (SSSR count). The molecule has 40 heavy (non-hydrogen) atoms. The zero-order valence-electron chi connectivity index (χ0n) is 21.7. The molecule has 11 heteroatoms. The van der Waals surface area contributed by atoms with Crippen molar-refractivity contribution in [2.75, 3.05) is 26.9 Å². The number of amidine groups is 2. The third-order valence-electron chi connectivity index (χ3n) is 5.87. The van der Waals surface area contributed by atoms with Crippen molar-refractivity contribution in [3.05, 3.63) is 88.5 Å². The van der Waals surface area contributed by atoms with E-state index in [1.807, 2.05) is 43.3 Å². The predicted octanol–water partition coefficient (Wildman–Crippen LogP) is 5.81. The third-order valence-corrected chi connectivity index (χ3v) is 7.07. The fourth-order valence-corrected chi connectivity index (χ4v) is 4.86. The number of methoxy groups -OCH3 is 1. The lowest BCUT2D eigenvalue weighted by molar-refractivity contribution is -0.114. The van der Waals surface area contributed by atoms with Gasteiger partial charge in [0.15, 0.2) is 17.3 Å². The summed E-state index contributed by atoms with van der Waals surface area (Å²) >= 11 is 7.32. The van der Waals surface area contributed by atoms with E-state index in [-0.39, 0.29) is 31.2 Å². The van der Waals surface area contributed by atoms with Gasteiger partial charge in [0.05, 0.1) is 17.7 Å². The highest BCUT2D eigenvalue weighted by Gasteiger charge is 2.35. The number of nitrogens with one attached hydrogen (secondary N) is 1. The molecule has 204 valence electrons. The van der Waals surface area contributed by atoms with Crippen LogP contribution in [-0.4, -0.2) is 53.9 Å². The standard InChI is InChI=1S/C29H25ClN4O5S/c1-18-7-3-5-9-22(18)39-17-26-33-34-27(31)20(28(35)32-29(34)40-26)15-19-11-12-24(25(16-19)36-2)38-14-13-37-23-10-6-4-8-21(23)30/h3-12,15-16,31H,13-14,17H2,1-2H3/b20-15-,31-27?. The molecule has 9 nitrogen and oxygen atoms in total. The molecule has 0 spiro atoms. The molecular formula is C29H25ClN4O5S. The summed E-state index contributed by atoms with van der Waals surface area (Å²) in [5.74, 6) is 1.73. The monoisotopic (exact) mass is 576 g/mol. The van der Waals surface area contributed by atoms with E-state index in [9.17, 15) is 4.79 Å². The van der Waals surface area contributed by atoms with Crippen LogP contribution in [-0.2, 0) is 4.79 Å². The number of nitrogens with zero attached hydrogens (tertiary/aromatic N) is 3. The Morgan fingerprint density at radius 2 is 1.68 bits per heavy atom. The van der Waals surface area contributed by atoms with Crippen LogP contribution in [0, 0.1) is 12.3 Å². The number of hydrogen-bond donors (Lipinski definition) is 1. The van der Waals surface area contributed by atoms with Crippen molar-refractivity contribution in [2.45, 2.75) is 6.92 Å². The summed E-state index contributed by atoms with van der Waals surface area (Å²) < 4.78 is 22.8. The number of hydrogen-bond acceptors (Lipinski definition) is 8. The lowest BCUT2D eigenvalue weighted by atomic mass is 10.1. The number of aliphatic imine (C=N–C) groups is 1. The maximum atomic E-state index is 12.8. The Balaban J connectivity index is 1.24. The van der Waals surface area contributed by atoms with E-state index in [1.165, 1.54) is 23.9 Å². The molecular weight excluding hydrogens is 552 g/mol. The van der Waals surface area contributed by atoms with Crippen molar-refractivity contribution in [3.63, 3.8) is 0 Å². The van der Waals surface area contributed by atoms with E-state index in [0.29, 0.717) is 38.0 Å². The number of rotatable bonds is 10. The molecule has 3 aromatic rings. The first-order valence-electron chi connectivity index (χ1n) is 12.3. The number of benzene rings is 3. The number of hydrazone groups is 1. The lowest BCUT2D eigenvalue weighted by Crippen LogP contribution is -2.35. The summed E-state index contributed by atoms with van der Waals surface area (Å²) in [5.41, 5.74) is 1.76. The van der Waals surface area contributed by atoms with Gasteiger partial charge in [0, 0.05) is 0 Å². The fourth-order valence-electron chi connectivity index (χ4n) is 3.87. The first kappa shape index (κ1) is 27.3. The molecule has 0 radical (unpaired) electrons. The quantitative estimate of drug-likeness (QED) is 0.240. The van der Waals surface area contributed by atoms with Gasteiger partial charge in [-0.3, -0.25) is 10.2 Å². The highest BCUT2D eigenvalue weighted by molar-refractivity contribution is 8.27. The lowest BCUT2D eigenvalue weighted by Gasteiger charge is -2.20. The molecule has 0 saturated heterocycles. The number of halogens is 1. The third kappa shape index (κ3) is 6.13. The zero-order chi connectivity index (χ0) is 28.1. The molecule has 0 saturated carbocycles. The Hall–Kier alpha value is -4.28. The van der Waals surface area contributed by atoms with Crippen LogP contribution in [0.1, 0.15) is 11.1 Å². The van der Waals surface area contributed by atoms with E-state index < -0.39 is 5.91 Å². The van der Waals surface area contributed by atoms with Crippen LogP contribution in [0.15, 0.2) is 82.4 Å². The number of carbonyl (C=O) groups excluding carboxylic acids is 1. The van der Waals surface area contributed by atoms with E-state index in [4.69, 9.17) is 36.0 Å². The van der Waals surface area contributed by atoms with E-state index in [0.717, 1.165) is 11.3 Å². The topological polar surface area (TPSA) is 106 Å². The van der Waals surface area contributed by atoms with Crippen LogP contribution in [0.5, 0.6) is 23.0 Å². The van der Waals surface area contributed by atoms with Crippen molar-refractivity contribution >= 4 is 51.4 Å². The van der Waals surface area contributed by atoms with Crippen molar-refractivity contribution in [1.29, 1.82) is 5.41 Å². The molecule has 0 fully saturated rings. The molecule has 0 unspecified atom stereocenters. The Morgan fingerprint density at radius 3 is 2.42 bits per heavy atom. The van der Waals surface area contributed by atoms with Gasteiger partial charge in [0.1, 0.15) is 36.4 Å². The molecule has 0 aromatic heterocycles. The second kappa shape index (κ2) is 12.3. The molecule has 1 N–H and O–H groups in total. The van der Waals surface area contributed by atoms with Crippen LogP contribution in [0.25, 0.3) is 6.08 Å². The molecule has 3 aromatic carbocycles. The number of para-hydroxylation sites is 2. The average molecular weight is 577 g/mol. The van der Waals surface area contributed by atoms with Gasteiger partial charge in [-0.2, -0.15) is 15.1 Å². The smallest absolute Gasteiger partial charge is 0.283 e. The highest BCUT2D eigenvalue weighted by atomic mass is 35.5. The minimum absolute atomic E-state index is 0.0654. The largest absolute Gasteiger partial charge is 0.493 e. The van der Waals surface area contributed by atoms with Crippen molar-refractivity contribution < 1.29 is 23.7 Å². The van der Waals surface area contributed by atoms with Gasteiger partial charge in [0.25, 0.3) is 5.91 Å². The number of fused-ring (bicyclic) bond motifs is 1. The van der Waals surface area contributed by atoms with Gasteiger partial charge in [-0.15, -0.1) is 0 Å². The zero-order valence-corrected chi connectivity index (χ0v) is 23.3. The second-order valence-corrected chi connectivity index (χ2v) is 10.1. The van der Waals surface area contributed by atoms with Gasteiger partial charge in [0.2, 0.25) is 5.17 Å². The summed E-state index contributed by atoms with van der Waals surface area (Å²) in [5, 5.41) is 15.9. The maximum Gasteiger partial charge on any atom is 0.283 e. The highest BCUT2D eigenvalue weighted by Crippen LogP contribution is 2.32. The summed E-state index contributed by atoms with van der Waals surface area (Å²) in [6.45, 7) is 2.72. The Kier molecular flexibility index (Phi) is 8.37. The van der Waals surface area contributed by atoms with Crippen LogP contribution in [0.3, 0.4) is 0 Å². The first-order chi connectivity index (χ1) is 19.4. The van der Waals surface area contributed by atoms with Crippen molar-refractivity contribution in [1.82, 2.24) is 5.01 Å². The SMILES string of the molecule is COc1cc(/C=C2/C(=N)N3N=C(COc4ccccc4C)SC3=NC2=O)ccc1OCCOc1ccccc1Cl. The first-order valence-corrected chi connectivity index (χ1v) is 13.5. The van der Waals surface area contributed by atoms with Crippen LogP contribution < -0.4 is 18.9 Å². The summed E-state index contributed by atoms with van der Waals surface area (Å²) in [6.07, 6.45) is 1.58. The number of amides is 1.